The Hall–Kier alpha value is -2.50. The number of carbonyl (C=O) groups is 1. The summed E-state index contributed by atoms with van der Waals surface area (Å²) in [5.74, 6) is 5.49. The molecule has 32 heavy (non-hydrogen) atoms. The van der Waals surface area contributed by atoms with Gasteiger partial charge in [0, 0.05) is 25.0 Å². The van der Waals surface area contributed by atoms with Crippen LogP contribution in [0.4, 0.5) is 0 Å². The van der Waals surface area contributed by atoms with Crippen LogP contribution in [0, 0.1) is 11.8 Å². The minimum absolute atomic E-state index is 0.0929. The second-order valence-electron chi connectivity index (χ2n) is 7.60. The van der Waals surface area contributed by atoms with Crippen molar-refractivity contribution in [2.24, 2.45) is 0 Å². The molecule has 0 aliphatic carbocycles. The Morgan fingerprint density at radius 2 is 1.81 bits per heavy atom. The lowest BCUT2D eigenvalue weighted by molar-refractivity contribution is -0.152. The normalized spacial score (nSPS) is 13.5. The van der Waals surface area contributed by atoms with Crippen LogP contribution in [0.15, 0.2) is 54.6 Å². The molecule has 2 atom stereocenters. The average molecular weight is 458 g/mol. The van der Waals surface area contributed by atoms with Crippen molar-refractivity contribution in [2.45, 2.75) is 57.6 Å². The van der Waals surface area contributed by atoms with Gasteiger partial charge in [0.05, 0.1) is 0 Å². The summed E-state index contributed by atoms with van der Waals surface area (Å²) in [6.07, 6.45) is 3.37. The lowest BCUT2D eigenvalue weighted by atomic mass is 9.86. The number of rotatable bonds is 12. The van der Waals surface area contributed by atoms with Gasteiger partial charge in [0.2, 0.25) is 11.3 Å². The number of esters is 1. The number of hydrogen-bond donors (Lipinski definition) is 3. The molecule has 0 spiro atoms. The van der Waals surface area contributed by atoms with Crippen molar-refractivity contribution in [2.75, 3.05) is 6.61 Å². The SMILES string of the molecule is CCCCC(Cc1ccc(C#CCCCO)cc1)(NS(=O)O)C(=O)OCc1ccccc1. The van der Waals surface area contributed by atoms with Crippen LogP contribution in [0.2, 0.25) is 0 Å². The average Bonchev–Trinajstić information content (AvgIpc) is 2.80. The van der Waals surface area contributed by atoms with Crippen LogP contribution in [0.1, 0.15) is 55.7 Å². The second-order valence-corrected chi connectivity index (χ2v) is 8.30. The standard InChI is InChI=1S/C25H31NO5S/c1-2-3-17-25(26-32(29)30,24(28)31-20-23-11-6-4-7-12-23)19-22-15-13-21(14-16-22)10-8-5-9-18-27/h4,6-7,11-16,26-27H,2-3,5,9,17-20H2,1H3,(H,29,30). The Balaban J connectivity index is 2.21. The third kappa shape index (κ3) is 8.56. The van der Waals surface area contributed by atoms with Gasteiger partial charge in [-0.3, -0.25) is 4.55 Å². The van der Waals surface area contributed by atoms with Gasteiger partial charge in [-0.25, -0.2) is 9.00 Å². The van der Waals surface area contributed by atoms with Crippen molar-refractivity contribution in [3.63, 3.8) is 0 Å². The molecule has 3 N–H and O–H groups in total. The highest BCUT2D eigenvalue weighted by molar-refractivity contribution is 7.77. The van der Waals surface area contributed by atoms with Crippen molar-refractivity contribution < 1.29 is 23.4 Å². The van der Waals surface area contributed by atoms with E-state index in [1.165, 1.54) is 0 Å². The Labute approximate surface area is 192 Å². The molecule has 2 rings (SSSR count). The Kier molecular flexibility index (Phi) is 11.1. The van der Waals surface area contributed by atoms with Crippen LogP contribution in [-0.2, 0) is 33.8 Å². The minimum Gasteiger partial charge on any atom is -0.459 e. The van der Waals surface area contributed by atoms with Crippen molar-refractivity contribution in [3.8, 4) is 11.8 Å². The van der Waals surface area contributed by atoms with E-state index < -0.39 is 22.8 Å². The summed E-state index contributed by atoms with van der Waals surface area (Å²) >= 11 is -2.39. The van der Waals surface area contributed by atoms with Gasteiger partial charge in [-0.2, -0.15) is 4.72 Å². The topological polar surface area (TPSA) is 95.9 Å². The third-order valence-corrected chi connectivity index (χ3v) is 5.56. The van der Waals surface area contributed by atoms with Gasteiger partial charge >= 0.3 is 5.97 Å². The lowest BCUT2D eigenvalue weighted by Crippen LogP contribution is -2.55. The van der Waals surface area contributed by atoms with E-state index in [1.54, 1.807) is 0 Å². The van der Waals surface area contributed by atoms with Gasteiger partial charge in [-0.15, -0.1) is 0 Å². The molecule has 0 saturated heterocycles. The summed E-state index contributed by atoms with van der Waals surface area (Å²) in [5, 5.41) is 8.83. The van der Waals surface area contributed by atoms with Gasteiger partial charge in [0.15, 0.2) is 0 Å². The van der Waals surface area contributed by atoms with Crippen LogP contribution in [0.3, 0.4) is 0 Å². The molecule has 0 radical (unpaired) electrons. The second kappa shape index (κ2) is 13.8. The van der Waals surface area contributed by atoms with E-state index in [1.807, 2.05) is 61.5 Å². The summed E-state index contributed by atoms with van der Waals surface area (Å²) in [7, 11) is 0. The van der Waals surface area contributed by atoms with E-state index in [2.05, 4.69) is 16.6 Å². The quantitative estimate of drug-likeness (QED) is 0.195. The van der Waals surface area contributed by atoms with Crippen LogP contribution in [-0.4, -0.2) is 32.0 Å². The molecular weight excluding hydrogens is 426 g/mol. The van der Waals surface area contributed by atoms with Crippen molar-refractivity contribution in [1.82, 2.24) is 4.72 Å². The molecule has 2 unspecified atom stereocenters. The molecule has 0 heterocycles. The first-order chi connectivity index (χ1) is 15.5. The lowest BCUT2D eigenvalue weighted by Gasteiger charge is -2.31. The van der Waals surface area contributed by atoms with Gasteiger partial charge in [-0.1, -0.05) is 74.1 Å². The molecule has 0 bridgehead atoms. The summed E-state index contributed by atoms with van der Waals surface area (Å²) < 4.78 is 29.5. The third-order valence-electron chi connectivity index (χ3n) is 5.00. The van der Waals surface area contributed by atoms with Gasteiger partial charge in [-0.05, 0) is 36.1 Å². The first-order valence-corrected chi connectivity index (χ1v) is 11.9. The number of carbonyl (C=O) groups excluding carboxylic acids is 1. The first-order valence-electron chi connectivity index (χ1n) is 10.8. The number of hydrogen-bond acceptors (Lipinski definition) is 4. The van der Waals surface area contributed by atoms with E-state index in [0.29, 0.717) is 25.7 Å². The summed E-state index contributed by atoms with van der Waals surface area (Å²) in [5.41, 5.74) is 1.19. The van der Waals surface area contributed by atoms with Gasteiger partial charge in [0.25, 0.3) is 0 Å². The molecule has 172 valence electrons. The molecule has 2 aromatic carbocycles. The zero-order chi connectivity index (χ0) is 23.2. The Bertz CT molecular complexity index is 921. The zero-order valence-electron chi connectivity index (χ0n) is 18.4. The molecule has 0 saturated carbocycles. The fourth-order valence-corrected chi connectivity index (χ4v) is 3.88. The van der Waals surface area contributed by atoms with Crippen LogP contribution < -0.4 is 4.72 Å². The van der Waals surface area contributed by atoms with Crippen LogP contribution >= 0.6 is 0 Å². The summed E-state index contributed by atoms with van der Waals surface area (Å²) in [6, 6.07) is 16.8. The first kappa shape index (κ1) is 25.8. The molecule has 0 aromatic heterocycles. The van der Waals surface area contributed by atoms with Crippen molar-refractivity contribution in [1.29, 1.82) is 0 Å². The predicted molar refractivity (Wildman–Crippen MR) is 126 cm³/mol. The Morgan fingerprint density at radius 1 is 1.09 bits per heavy atom. The highest BCUT2D eigenvalue weighted by Gasteiger charge is 2.41. The van der Waals surface area contributed by atoms with E-state index in [9.17, 15) is 13.6 Å². The van der Waals surface area contributed by atoms with Gasteiger partial charge < -0.3 is 9.84 Å². The molecule has 6 nitrogen and oxygen atoms in total. The van der Waals surface area contributed by atoms with E-state index in [0.717, 1.165) is 23.1 Å². The highest BCUT2D eigenvalue weighted by Crippen LogP contribution is 2.24. The van der Waals surface area contributed by atoms with Crippen LogP contribution in [0.5, 0.6) is 0 Å². The molecule has 2 aromatic rings. The number of ether oxygens (including phenoxy) is 1. The number of unbranched alkanes of at least 4 members (excludes halogenated alkanes) is 2. The minimum atomic E-state index is -2.39. The smallest absolute Gasteiger partial charge is 0.327 e. The molecule has 0 aliphatic heterocycles. The summed E-state index contributed by atoms with van der Waals surface area (Å²) in [4.78, 5) is 13.2. The molecule has 0 amide bonds. The summed E-state index contributed by atoms with van der Waals surface area (Å²) in [6.45, 7) is 2.21. The zero-order valence-corrected chi connectivity index (χ0v) is 19.2. The van der Waals surface area contributed by atoms with Crippen molar-refractivity contribution in [3.05, 3.63) is 71.3 Å². The highest BCUT2D eigenvalue weighted by atomic mass is 32.2. The van der Waals surface area contributed by atoms with Crippen LogP contribution in [0.25, 0.3) is 0 Å². The predicted octanol–water partition coefficient (Wildman–Crippen LogP) is 3.75. The van der Waals surface area contributed by atoms with E-state index in [-0.39, 0.29) is 19.6 Å². The molecular formula is C25H31NO5S. The molecule has 0 aliphatic rings. The largest absolute Gasteiger partial charge is 0.459 e. The van der Waals surface area contributed by atoms with Gasteiger partial charge in [0.1, 0.15) is 12.1 Å². The maximum atomic E-state index is 13.2. The number of benzene rings is 2. The fraction of sp³-hybridized carbons (Fsp3) is 0.400. The monoisotopic (exact) mass is 457 g/mol. The fourth-order valence-electron chi connectivity index (χ4n) is 3.28. The Morgan fingerprint density at radius 3 is 2.44 bits per heavy atom. The van der Waals surface area contributed by atoms with Crippen molar-refractivity contribution >= 4 is 17.2 Å². The number of aliphatic hydroxyl groups is 1. The van der Waals surface area contributed by atoms with E-state index in [4.69, 9.17) is 9.84 Å². The maximum Gasteiger partial charge on any atom is 0.327 e. The number of aliphatic hydroxyl groups excluding tert-OH is 1. The van der Waals surface area contributed by atoms with E-state index >= 15 is 0 Å². The molecule has 0 fully saturated rings. The number of nitrogens with one attached hydrogen (secondary N) is 1. The maximum absolute atomic E-state index is 13.2. The molecule has 7 heteroatoms.